The van der Waals surface area contributed by atoms with Crippen LogP contribution in [-0.2, 0) is 9.59 Å². The van der Waals surface area contributed by atoms with Gasteiger partial charge in [0.15, 0.2) is 0 Å². The van der Waals surface area contributed by atoms with Crippen molar-refractivity contribution in [1.29, 1.82) is 0 Å². The maximum absolute atomic E-state index is 14.7. The summed E-state index contributed by atoms with van der Waals surface area (Å²) in [6, 6.07) is 9.03. The molecule has 0 aliphatic carbocycles. The van der Waals surface area contributed by atoms with E-state index >= 15 is 0 Å². The van der Waals surface area contributed by atoms with Crippen molar-refractivity contribution in [2.75, 3.05) is 26.2 Å². The number of carbonyl (C=O) groups excluding carboxylic acids is 3. The van der Waals surface area contributed by atoms with Crippen molar-refractivity contribution in [2.24, 2.45) is 0 Å². The van der Waals surface area contributed by atoms with Gasteiger partial charge < -0.3 is 20.4 Å². The normalized spacial score (nSPS) is 21.1. The number of hydrogen-bond donors (Lipinski definition) is 2. The molecule has 0 radical (unpaired) electrons. The van der Waals surface area contributed by atoms with Gasteiger partial charge in [0.1, 0.15) is 12.2 Å². The van der Waals surface area contributed by atoms with Crippen LogP contribution < -0.4 is 10.6 Å². The molecule has 2 aliphatic rings. The Labute approximate surface area is 217 Å². The van der Waals surface area contributed by atoms with Gasteiger partial charge in [0.05, 0.1) is 37.9 Å². The van der Waals surface area contributed by atoms with Crippen molar-refractivity contribution in [3.8, 4) is 0 Å². The van der Waals surface area contributed by atoms with Crippen LogP contribution in [0.15, 0.2) is 42.5 Å². The molecule has 2 saturated heterocycles. The zero-order valence-corrected chi connectivity index (χ0v) is 21.0. The molecule has 1 aromatic carbocycles. The lowest BCUT2D eigenvalue weighted by molar-refractivity contribution is -0.138. The number of hydrogen-bond acceptors (Lipinski definition) is 4. The molecule has 8 nitrogen and oxygen atoms in total. The predicted octanol–water partition coefficient (Wildman–Crippen LogP) is 3.15. The van der Waals surface area contributed by atoms with Crippen molar-refractivity contribution in [3.05, 3.63) is 65.2 Å². The predicted molar refractivity (Wildman–Crippen MR) is 130 cm³/mol. The number of urea groups is 1. The van der Waals surface area contributed by atoms with Gasteiger partial charge in [0.2, 0.25) is 17.8 Å². The van der Waals surface area contributed by atoms with Crippen molar-refractivity contribution in [2.45, 2.75) is 50.4 Å². The molecule has 3 unspecified atom stereocenters. The molecule has 38 heavy (non-hydrogen) atoms. The molecule has 3 atom stereocenters. The second-order valence-corrected chi connectivity index (χ2v) is 9.89. The van der Waals surface area contributed by atoms with E-state index in [0.717, 1.165) is 9.80 Å². The third-order valence-electron chi connectivity index (χ3n) is 6.63. The number of benzene rings is 1. The number of aromatic nitrogens is 1. The van der Waals surface area contributed by atoms with Gasteiger partial charge >= 0.3 is 6.03 Å². The highest BCUT2D eigenvalue weighted by molar-refractivity contribution is 5.91. The number of halogens is 4. The van der Waals surface area contributed by atoms with Crippen LogP contribution in [0.25, 0.3) is 0 Å². The molecule has 4 amide bonds. The maximum Gasteiger partial charge on any atom is 0.318 e. The molecule has 3 heterocycles. The summed E-state index contributed by atoms with van der Waals surface area (Å²) in [5.74, 6) is -5.11. The van der Waals surface area contributed by atoms with E-state index in [1.54, 1.807) is 42.5 Å². The van der Waals surface area contributed by atoms with E-state index < -0.39 is 67.6 Å². The van der Waals surface area contributed by atoms with Crippen LogP contribution in [-0.4, -0.2) is 76.9 Å². The van der Waals surface area contributed by atoms with Crippen molar-refractivity contribution in [1.82, 2.24) is 25.4 Å². The summed E-state index contributed by atoms with van der Waals surface area (Å²) in [7, 11) is 0. The van der Waals surface area contributed by atoms with Gasteiger partial charge in [-0.2, -0.15) is 4.39 Å². The summed E-state index contributed by atoms with van der Waals surface area (Å²) < 4.78 is 55.1. The van der Waals surface area contributed by atoms with Gasteiger partial charge in [-0.15, -0.1) is 0 Å². The highest BCUT2D eigenvalue weighted by Crippen LogP contribution is 2.28. The number of amides is 4. The standard InChI is InChI=1S/C26H29F4N5O3/c1-15(2)18-8-9-19(32-23(18)28)22(16-6-4-3-5-7-16)33-24(37)20-10-17(27)12-35(20)21(36)11-31-25(38)34-13-26(29,30)14-34/h3-9,15,17,20,22H,10-14H2,1-2H3,(H,31,38)(H,33,37). The Kier molecular flexibility index (Phi) is 7.89. The second kappa shape index (κ2) is 11.0. The van der Waals surface area contributed by atoms with Crippen LogP contribution in [0.2, 0.25) is 0 Å². The minimum absolute atomic E-state index is 0.0982. The first kappa shape index (κ1) is 27.3. The fourth-order valence-corrected chi connectivity index (χ4v) is 4.59. The monoisotopic (exact) mass is 535 g/mol. The number of alkyl halides is 3. The van der Waals surface area contributed by atoms with Gasteiger partial charge in [-0.05, 0) is 17.5 Å². The molecule has 2 aliphatic heterocycles. The molecule has 204 valence electrons. The molecule has 0 saturated carbocycles. The summed E-state index contributed by atoms with van der Waals surface area (Å²) in [6.07, 6.45) is -1.74. The third-order valence-corrected chi connectivity index (χ3v) is 6.63. The third kappa shape index (κ3) is 6.05. The zero-order chi connectivity index (χ0) is 27.6. The molecule has 2 aromatic rings. The quantitative estimate of drug-likeness (QED) is 0.421. The molecular formula is C26H29F4N5O3. The Bertz CT molecular complexity index is 1190. The lowest BCUT2D eigenvalue weighted by atomic mass is 9.99. The molecule has 12 heteroatoms. The average Bonchev–Trinajstić information content (AvgIpc) is 3.26. The van der Waals surface area contributed by atoms with E-state index in [-0.39, 0.29) is 24.6 Å². The van der Waals surface area contributed by atoms with Gasteiger partial charge in [0, 0.05) is 12.0 Å². The maximum atomic E-state index is 14.7. The van der Waals surface area contributed by atoms with E-state index in [1.165, 1.54) is 0 Å². The van der Waals surface area contributed by atoms with Crippen LogP contribution in [0.4, 0.5) is 22.4 Å². The summed E-state index contributed by atoms with van der Waals surface area (Å²) >= 11 is 0. The number of carbonyl (C=O) groups is 3. The van der Waals surface area contributed by atoms with Crippen LogP contribution in [0.5, 0.6) is 0 Å². The largest absolute Gasteiger partial charge is 0.342 e. The second-order valence-electron chi connectivity index (χ2n) is 9.89. The van der Waals surface area contributed by atoms with E-state index in [4.69, 9.17) is 0 Å². The average molecular weight is 536 g/mol. The van der Waals surface area contributed by atoms with Crippen LogP contribution >= 0.6 is 0 Å². The van der Waals surface area contributed by atoms with E-state index in [9.17, 15) is 31.9 Å². The zero-order valence-electron chi connectivity index (χ0n) is 21.0. The first-order valence-electron chi connectivity index (χ1n) is 12.3. The van der Waals surface area contributed by atoms with E-state index in [1.807, 2.05) is 13.8 Å². The topological polar surface area (TPSA) is 94.6 Å². The Morgan fingerprint density at radius 3 is 2.39 bits per heavy atom. The van der Waals surface area contributed by atoms with Crippen molar-refractivity contribution < 1.29 is 31.9 Å². The van der Waals surface area contributed by atoms with Crippen LogP contribution in [0.3, 0.4) is 0 Å². The Morgan fingerprint density at radius 1 is 1.11 bits per heavy atom. The summed E-state index contributed by atoms with van der Waals surface area (Å²) in [5, 5.41) is 5.02. The number of rotatable bonds is 7. The van der Waals surface area contributed by atoms with Crippen LogP contribution in [0, 0.1) is 5.95 Å². The smallest absolute Gasteiger partial charge is 0.318 e. The Morgan fingerprint density at radius 2 is 1.79 bits per heavy atom. The van der Waals surface area contributed by atoms with Crippen LogP contribution in [0.1, 0.15) is 49.0 Å². The lowest BCUT2D eigenvalue weighted by Gasteiger charge is -2.38. The first-order chi connectivity index (χ1) is 17.9. The molecular weight excluding hydrogens is 506 g/mol. The van der Waals surface area contributed by atoms with E-state index in [2.05, 4.69) is 15.6 Å². The van der Waals surface area contributed by atoms with Crippen molar-refractivity contribution in [3.63, 3.8) is 0 Å². The highest BCUT2D eigenvalue weighted by atomic mass is 19.3. The molecule has 0 spiro atoms. The number of nitrogens with one attached hydrogen (secondary N) is 2. The minimum atomic E-state index is -2.96. The highest BCUT2D eigenvalue weighted by Gasteiger charge is 2.46. The molecule has 2 N–H and O–H groups in total. The molecule has 2 fully saturated rings. The molecule has 4 rings (SSSR count). The fraction of sp³-hybridized carbons (Fsp3) is 0.462. The minimum Gasteiger partial charge on any atom is -0.342 e. The Hall–Kier alpha value is -3.70. The number of nitrogens with zero attached hydrogens (tertiary/aromatic N) is 3. The first-order valence-corrected chi connectivity index (χ1v) is 12.3. The van der Waals surface area contributed by atoms with Gasteiger partial charge in [-0.3, -0.25) is 9.59 Å². The van der Waals surface area contributed by atoms with Gasteiger partial charge in [-0.1, -0.05) is 50.2 Å². The van der Waals surface area contributed by atoms with Gasteiger partial charge in [-0.25, -0.2) is 22.9 Å². The Balaban J connectivity index is 1.48. The van der Waals surface area contributed by atoms with Crippen molar-refractivity contribution >= 4 is 17.8 Å². The molecule has 1 aromatic heterocycles. The fourth-order valence-electron chi connectivity index (χ4n) is 4.59. The lowest BCUT2D eigenvalue weighted by Crippen LogP contribution is -2.61. The SMILES string of the molecule is CC(C)c1ccc(C(NC(=O)C2CC(F)CN2C(=O)CNC(=O)N2CC(F)(F)C2)c2ccccc2)nc1F. The summed E-state index contributed by atoms with van der Waals surface area (Å²) in [6.45, 7) is 1.22. The number of likely N-dealkylation sites (tertiary alicyclic amines) is 2. The number of pyridine rings is 1. The van der Waals surface area contributed by atoms with Gasteiger partial charge in [0.25, 0.3) is 5.92 Å². The summed E-state index contributed by atoms with van der Waals surface area (Å²) in [4.78, 5) is 44.0. The summed E-state index contributed by atoms with van der Waals surface area (Å²) in [5.41, 5.74) is 1.26. The van der Waals surface area contributed by atoms with E-state index in [0.29, 0.717) is 11.1 Å². The molecule has 0 bridgehead atoms.